The van der Waals surface area contributed by atoms with E-state index in [9.17, 15) is 34.8 Å². The average Bonchev–Trinajstić information content (AvgIpc) is 3.42. The number of amidine groups is 1. The SMILES string of the molecule is COc1cc(C)c(-c2cccc(S(=O)(=O)c3cc(C(=N)N)sc3SC)c2)c(NC(=O)CCCCCS(C)(=O)=O)c1.O=CC(F)(F)F. The number of thiophene rings is 1. The first-order valence-electron chi connectivity index (χ1n) is 13.4. The van der Waals surface area contributed by atoms with E-state index in [1.165, 1.54) is 37.3 Å². The number of carbonyl (C=O) groups excluding carboxylic acids is 2. The Morgan fingerprint density at radius 1 is 1.11 bits per heavy atom. The van der Waals surface area contributed by atoms with Crippen LogP contribution >= 0.6 is 23.1 Å². The maximum absolute atomic E-state index is 13.7. The summed E-state index contributed by atoms with van der Waals surface area (Å²) in [4.78, 5) is 22.1. The molecule has 0 saturated heterocycles. The molecule has 0 aliphatic heterocycles. The van der Waals surface area contributed by atoms with E-state index in [1.807, 2.05) is 6.92 Å². The lowest BCUT2D eigenvalue weighted by molar-refractivity contribution is -0.156. The van der Waals surface area contributed by atoms with Crippen LogP contribution in [0.3, 0.4) is 0 Å². The molecule has 3 rings (SSSR count). The summed E-state index contributed by atoms with van der Waals surface area (Å²) in [5.41, 5.74) is 8.12. The van der Waals surface area contributed by atoms with E-state index in [1.54, 1.807) is 36.6 Å². The largest absolute Gasteiger partial charge is 0.497 e. The third-order valence-electron chi connectivity index (χ3n) is 6.21. The molecule has 0 aliphatic rings. The van der Waals surface area contributed by atoms with Gasteiger partial charge in [-0.15, -0.1) is 23.1 Å². The van der Waals surface area contributed by atoms with E-state index < -0.39 is 32.1 Å². The molecule has 46 heavy (non-hydrogen) atoms. The number of alkyl halides is 3. The molecule has 0 radical (unpaired) electrons. The molecule has 0 bridgehead atoms. The molecule has 4 N–H and O–H groups in total. The van der Waals surface area contributed by atoms with E-state index in [4.69, 9.17) is 20.7 Å². The number of unbranched alkanes of at least 4 members (excludes halogenated alkanes) is 2. The number of sulfone groups is 2. The van der Waals surface area contributed by atoms with Crippen LogP contribution in [-0.2, 0) is 29.3 Å². The van der Waals surface area contributed by atoms with Crippen LogP contribution in [0.15, 0.2) is 56.5 Å². The molecule has 0 atom stereocenters. The Balaban J connectivity index is 0.00000112. The molecular weight excluding hydrogens is 688 g/mol. The molecule has 2 aromatic carbocycles. The summed E-state index contributed by atoms with van der Waals surface area (Å²) in [7, 11) is -5.44. The van der Waals surface area contributed by atoms with Gasteiger partial charge in [0, 0.05) is 30.1 Å². The maximum Gasteiger partial charge on any atom is 0.446 e. The number of nitrogen functional groups attached to an aromatic ring is 1. The van der Waals surface area contributed by atoms with E-state index in [-0.39, 0.29) is 33.7 Å². The molecule has 0 unspecified atom stereocenters. The molecule has 1 heterocycles. The van der Waals surface area contributed by atoms with Gasteiger partial charge in [-0.1, -0.05) is 18.6 Å². The number of hydrogen-bond acceptors (Lipinski definition) is 10. The Labute approximate surface area is 274 Å². The van der Waals surface area contributed by atoms with Crippen LogP contribution < -0.4 is 15.8 Å². The first kappa shape index (κ1) is 38.8. The number of aryl methyl sites for hydroxylation is 1. The highest BCUT2D eigenvalue weighted by Crippen LogP contribution is 2.40. The Kier molecular flexibility index (Phi) is 13.8. The third-order valence-corrected chi connectivity index (χ3v) is 11.6. The third kappa shape index (κ3) is 11.4. The van der Waals surface area contributed by atoms with Crippen LogP contribution in [0.1, 0.15) is 36.1 Å². The average molecular weight is 722 g/mol. The number of nitrogens with one attached hydrogen (secondary N) is 2. The minimum atomic E-state index is -4.64. The number of rotatable bonds is 13. The molecule has 3 aromatic rings. The lowest BCUT2D eigenvalue weighted by atomic mass is 9.97. The highest BCUT2D eigenvalue weighted by Gasteiger charge is 2.26. The van der Waals surface area contributed by atoms with Crippen molar-refractivity contribution in [2.24, 2.45) is 5.73 Å². The van der Waals surface area contributed by atoms with Gasteiger partial charge in [-0.25, -0.2) is 16.8 Å². The standard InChI is InChI=1S/C27H33N3O6S4.C2HF3O/c1-17-13-19(36-2)15-21(30-24(31)11-6-5-7-12-39(4,32)33)25(17)18-9-8-10-20(14-18)40(34,35)23-16-22(26(28)29)38-27(23)37-3;3-2(4,5)1-6/h8-10,13-16H,5-7,11-12H2,1-4H3,(H3,28,29)(H,30,31);1H. The quantitative estimate of drug-likeness (QED) is 0.0642. The van der Waals surface area contributed by atoms with E-state index in [0.717, 1.165) is 16.9 Å². The minimum absolute atomic E-state index is 0.0755. The first-order chi connectivity index (χ1) is 21.3. The molecule has 0 fully saturated rings. The topological polar surface area (TPSA) is 174 Å². The van der Waals surface area contributed by atoms with Gasteiger partial charge >= 0.3 is 6.18 Å². The van der Waals surface area contributed by atoms with Crippen LogP contribution in [0.5, 0.6) is 5.75 Å². The molecule has 1 amide bonds. The van der Waals surface area contributed by atoms with Gasteiger partial charge in [0.1, 0.15) is 21.4 Å². The van der Waals surface area contributed by atoms with Crippen LogP contribution in [0.25, 0.3) is 11.1 Å². The number of aldehydes is 1. The highest BCUT2D eigenvalue weighted by molar-refractivity contribution is 8.01. The lowest BCUT2D eigenvalue weighted by Gasteiger charge is -2.17. The van der Waals surface area contributed by atoms with Crippen molar-refractivity contribution in [3.05, 3.63) is 52.9 Å². The Morgan fingerprint density at radius 2 is 1.76 bits per heavy atom. The number of ether oxygens (including phenoxy) is 1. The van der Waals surface area contributed by atoms with Gasteiger partial charge in [-0.3, -0.25) is 15.0 Å². The number of benzene rings is 2. The number of thioether (sulfide) groups is 1. The van der Waals surface area contributed by atoms with Gasteiger partial charge in [0.2, 0.25) is 22.0 Å². The van der Waals surface area contributed by atoms with Crippen LogP contribution in [-0.4, -0.2) is 66.4 Å². The van der Waals surface area contributed by atoms with Crippen LogP contribution in [0, 0.1) is 12.3 Å². The molecule has 1 aromatic heterocycles. The van der Waals surface area contributed by atoms with Crippen molar-refractivity contribution < 1.29 is 44.3 Å². The van der Waals surface area contributed by atoms with Crippen molar-refractivity contribution in [2.75, 3.05) is 30.7 Å². The smallest absolute Gasteiger partial charge is 0.446 e. The summed E-state index contributed by atoms with van der Waals surface area (Å²) in [6, 6.07) is 11.4. The molecule has 0 saturated carbocycles. The summed E-state index contributed by atoms with van der Waals surface area (Å²) in [6.07, 6.45) is -0.892. The monoisotopic (exact) mass is 721 g/mol. The summed E-state index contributed by atoms with van der Waals surface area (Å²) in [5, 5.41) is 10.6. The fourth-order valence-corrected chi connectivity index (χ4v) is 8.79. The van der Waals surface area contributed by atoms with Gasteiger partial charge in [0.15, 0.2) is 0 Å². The molecule has 252 valence electrons. The van der Waals surface area contributed by atoms with Crippen molar-refractivity contribution in [3.8, 4) is 16.9 Å². The second-order valence-corrected chi connectivity index (χ2v) is 16.2. The van der Waals surface area contributed by atoms with Crippen LogP contribution in [0.4, 0.5) is 18.9 Å². The number of halogens is 3. The van der Waals surface area contributed by atoms with Gasteiger partial charge in [-0.05, 0) is 61.4 Å². The number of hydrogen-bond donors (Lipinski definition) is 3. The summed E-state index contributed by atoms with van der Waals surface area (Å²) in [5.74, 6) is 0.192. The predicted octanol–water partition coefficient (Wildman–Crippen LogP) is 5.86. The van der Waals surface area contributed by atoms with E-state index in [0.29, 0.717) is 50.9 Å². The minimum Gasteiger partial charge on any atom is -0.497 e. The Morgan fingerprint density at radius 3 is 2.30 bits per heavy atom. The molecule has 0 aliphatic carbocycles. The molecule has 17 heteroatoms. The van der Waals surface area contributed by atoms with Crippen molar-refractivity contribution in [2.45, 2.75) is 52.8 Å². The zero-order chi connectivity index (χ0) is 34.9. The summed E-state index contributed by atoms with van der Waals surface area (Å²) >= 11 is 2.44. The van der Waals surface area contributed by atoms with Crippen LogP contribution in [0.2, 0.25) is 0 Å². The summed E-state index contributed by atoms with van der Waals surface area (Å²) in [6.45, 7) is 1.85. The molecular formula is C29H34F3N3O7S4. The number of anilines is 1. The van der Waals surface area contributed by atoms with Gasteiger partial charge in [-0.2, -0.15) is 13.2 Å². The first-order valence-corrected chi connectivity index (χ1v) is 19.0. The second-order valence-electron chi connectivity index (χ2n) is 9.93. The fraction of sp³-hybridized carbons (Fsp3) is 0.345. The van der Waals surface area contributed by atoms with Crippen molar-refractivity contribution >= 4 is 66.5 Å². The van der Waals surface area contributed by atoms with Crippen molar-refractivity contribution in [3.63, 3.8) is 0 Å². The van der Waals surface area contributed by atoms with E-state index >= 15 is 0 Å². The zero-order valence-electron chi connectivity index (χ0n) is 25.4. The molecule has 10 nitrogen and oxygen atoms in total. The van der Waals surface area contributed by atoms with Gasteiger partial charge < -0.3 is 15.8 Å². The normalized spacial score (nSPS) is 11.7. The molecule has 0 spiro atoms. The Hall–Kier alpha value is -3.41. The number of nitrogens with two attached hydrogens (primary N) is 1. The van der Waals surface area contributed by atoms with Crippen molar-refractivity contribution in [1.82, 2.24) is 0 Å². The second kappa shape index (κ2) is 16.4. The zero-order valence-corrected chi connectivity index (χ0v) is 28.6. The fourth-order valence-electron chi connectivity index (χ4n) is 4.16. The number of amides is 1. The number of methoxy groups -OCH3 is 1. The maximum atomic E-state index is 13.7. The summed E-state index contributed by atoms with van der Waals surface area (Å²) < 4.78 is 87.2. The van der Waals surface area contributed by atoms with Gasteiger partial charge in [0.05, 0.1) is 31.7 Å². The number of carbonyl (C=O) groups is 2. The highest BCUT2D eigenvalue weighted by atomic mass is 32.2. The lowest BCUT2D eigenvalue weighted by Crippen LogP contribution is -2.13. The van der Waals surface area contributed by atoms with Crippen molar-refractivity contribution in [1.29, 1.82) is 5.41 Å². The van der Waals surface area contributed by atoms with Gasteiger partial charge in [0.25, 0.3) is 0 Å². The predicted molar refractivity (Wildman–Crippen MR) is 175 cm³/mol. The van der Waals surface area contributed by atoms with E-state index in [2.05, 4.69) is 5.32 Å². The Bertz CT molecular complexity index is 1790.